The van der Waals surface area contributed by atoms with Crippen molar-refractivity contribution >= 4 is 5.95 Å². The largest absolute Gasteiger partial charge is 0.352 e. The Morgan fingerprint density at radius 2 is 2.27 bits per heavy atom. The van der Waals surface area contributed by atoms with Gasteiger partial charge < -0.3 is 5.32 Å². The van der Waals surface area contributed by atoms with E-state index in [9.17, 15) is 4.79 Å². The fourth-order valence-corrected chi connectivity index (χ4v) is 0.741. The number of hydrogen-bond acceptors (Lipinski definition) is 3. The Bertz CT molecular complexity index is 285. The maximum Gasteiger partial charge on any atom is 0.344 e. The van der Waals surface area contributed by atoms with Gasteiger partial charge in [0.2, 0.25) is 5.95 Å². The number of nitrogens with zero attached hydrogens (tertiary/aromatic N) is 2. The molecule has 0 atom stereocenters. The molecule has 0 aliphatic heterocycles. The Labute approximate surface area is 64.4 Å². The second-order valence-electron chi connectivity index (χ2n) is 2.70. The van der Waals surface area contributed by atoms with Crippen LogP contribution in [0.5, 0.6) is 0 Å². The van der Waals surface area contributed by atoms with Crippen LogP contribution in [0.2, 0.25) is 0 Å². The summed E-state index contributed by atoms with van der Waals surface area (Å²) in [5.74, 6) is 0.521. The summed E-state index contributed by atoms with van der Waals surface area (Å²) in [7, 11) is 1.60. The van der Waals surface area contributed by atoms with Crippen LogP contribution in [-0.4, -0.2) is 20.8 Å². The van der Waals surface area contributed by atoms with Crippen LogP contribution in [0.3, 0.4) is 0 Å². The molecule has 1 aromatic rings. The first kappa shape index (κ1) is 7.84. The number of aromatic amines is 1. The van der Waals surface area contributed by atoms with E-state index in [-0.39, 0.29) is 11.7 Å². The molecule has 62 valence electrons. The van der Waals surface area contributed by atoms with Crippen molar-refractivity contribution < 1.29 is 0 Å². The lowest BCUT2D eigenvalue weighted by molar-refractivity contribution is 0.732. The highest BCUT2D eigenvalue weighted by molar-refractivity contribution is 5.21. The monoisotopic (exact) mass is 156 g/mol. The summed E-state index contributed by atoms with van der Waals surface area (Å²) >= 11 is 0. The highest BCUT2D eigenvalue weighted by Crippen LogP contribution is 1.93. The zero-order chi connectivity index (χ0) is 8.43. The summed E-state index contributed by atoms with van der Waals surface area (Å²) in [6, 6.07) is 0.278. The summed E-state index contributed by atoms with van der Waals surface area (Å²) in [4.78, 5) is 13.4. The number of nitrogens with one attached hydrogen (secondary N) is 2. The molecule has 0 saturated heterocycles. The second-order valence-corrected chi connectivity index (χ2v) is 2.70. The smallest absolute Gasteiger partial charge is 0.344 e. The first-order chi connectivity index (χ1) is 5.09. The van der Waals surface area contributed by atoms with E-state index in [1.807, 2.05) is 13.8 Å². The van der Waals surface area contributed by atoms with Crippen LogP contribution in [0, 0.1) is 0 Å². The van der Waals surface area contributed by atoms with Crippen molar-refractivity contribution in [3.63, 3.8) is 0 Å². The SMILES string of the molecule is CC(C)Nc1nn(C)c(=O)[nH]1. The van der Waals surface area contributed by atoms with Crippen molar-refractivity contribution in [2.75, 3.05) is 5.32 Å². The Balaban J connectivity index is 2.81. The quantitative estimate of drug-likeness (QED) is 0.630. The van der Waals surface area contributed by atoms with E-state index >= 15 is 0 Å². The molecule has 0 aliphatic carbocycles. The third-order valence-electron chi connectivity index (χ3n) is 1.19. The molecule has 0 bridgehead atoms. The van der Waals surface area contributed by atoms with Crippen LogP contribution >= 0.6 is 0 Å². The highest BCUT2D eigenvalue weighted by atomic mass is 16.1. The molecule has 1 rings (SSSR count). The summed E-state index contributed by atoms with van der Waals surface area (Å²) in [6.45, 7) is 3.96. The molecule has 1 heterocycles. The van der Waals surface area contributed by atoms with Gasteiger partial charge in [0.1, 0.15) is 0 Å². The van der Waals surface area contributed by atoms with Crippen molar-refractivity contribution in [2.45, 2.75) is 19.9 Å². The van der Waals surface area contributed by atoms with Crippen LogP contribution in [0.1, 0.15) is 13.8 Å². The van der Waals surface area contributed by atoms with Crippen LogP contribution < -0.4 is 11.0 Å². The number of hydrogen-bond donors (Lipinski definition) is 2. The van der Waals surface area contributed by atoms with Gasteiger partial charge in [-0.2, -0.15) is 0 Å². The van der Waals surface area contributed by atoms with Crippen molar-refractivity contribution in [2.24, 2.45) is 7.05 Å². The van der Waals surface area contributed by atoms with Gasteiger partial charge in [-0.15, -0.1) is 5.10 Å². The van der Waals surface area contributed by atoms with Gasteiger partial charge in [-0.1, -0.05) is 0 Å². The molecule has 0 radical (unpaired) electrons. The van der Waals surface area contributed by atoms with Crippen molar-refractivity contribution in [3.05, 3.63) is 10.5 Å². The van der Waals surface area contributed by atoms with Gasteiger partial charge in [0.25, 0.3) is 0 Å². The zero-order valence-electron chi connectivity index (χ0n) is 6.88. The Kier molecular flexibility index (Phi) is 1.98. The van der Waals surface area contributed by atoms with E-state index in [0.717, 1.165) is 0 Å². The first-order valence-corrected chi connectivity index (χ1v) is 3.49. The number of anilines is 1. The third-order valence-corrected chi connectivity index (χ3v) is 1.19. The van der Waals surface area contributed by atoms with E-state index in [1.165, 1.54) is 4.68 Å². The van der Waals surface area contributed by atoms with Crippen LogP contribution in [0.4, 0.5) is 5.95 Å². The topological polar surface area (TPSA) is 62.7 Å². The summed E-state index contributed by atoms with van der Waals surface area (Å²) in [6.07, 6.45) is 0. The summed E-state index contributed by atoms with van der Waals surface area (Å²) < 4.78 is 1.25. The van der Waals surface area contributed by atoms with E-state index in [1.54, 1.807) is 7.05 Å². The third kappa shape index (κ3) is 1.83. The molecule has 0 unspecified atom stereocenters. The van der Waals surface area contributed by atoms with Crippen molar-refractivity contribution in [3.8, 4) is 0 Å². The fraction of sp³-hybridized carbons (Fsp3) is 0.667. The highest BCUT2D eigenvalue weighted by Gasteiger charge is 2.00. The lowest BCUT2D eigenvalue weighted by Crippen LogP contribution is -2.13. The van der Waals surface area contributed by atoms with Gasteiger partial charge in [-0.3, -0.25) is 4.98 Å². The summed E-state index contributed by atoms with van der Waals surface area (Å²) in [5, 5.41) is 6.87. The molecule has 0 amide bonds. The molecular weight excluding hydrogens is 144 g/mol. The molecular formula is C6H12N4O. The van der Waals surface area contributed by atoms with Crippen molar-refractivity contribution in [1.82, 2.24) is 14.8 Å². The minimum absolute atomic E-state index is 0.201. The fourth-order valence-electron chi connectivity index (χ4n) is 0.741. The predicted molar refractivity (Wildman–Crippen MR) is 42.6 cm³/mol. The van der Waals surface area contributed by atoms with Crippen LogP contribution in [-0.2, 0) is 7.05 Å². The molecule has 0 aromatic carbocycles. The Morgan fingerprint density at radius 3 is 2.64 bits per heavy atom. The van der Waals surface area contributed by atoms with Crippen LogP contribution in [0.15, 0.2) is 4.79 Å². The number of aryl methyl sites for hydroxylation is 1. The molecule has 0 aliphatic rings. The molecule has 5 heteroatoms. The molecule has 5 nitrogen and oxygen atoms in total. The maximum atomic E-state index is 10.8. The molecule has 0 fully saturated rings. The summed E-state index contributed by atoms with van der Waals surface area (Å²) in [5.41, 5.74) is -0.201. The number of aromatic nitrogens is 3. The van der Waals surface area contributed by atoms with E-state index < -0.39 is 0 Å². The van der Waals surface area contributed by atoms with Gasteiger partial charge in [-0.25, -0.2) is 9.48 Å². The minimum Gasteiger partial charge on any atom is -0.352 e. The van der Waals surface area contributed by atoms with Gasteiger partial charge in [-0.05, 0) is 13.8 Å². The lowest BCUT2D eigenvalue weighted by atomic mass is 10.4. The minimum atomic E-state index is -0.201. The van der Waals surface area contributed by atoms with Crippen LogP contribution in [0.25, 0.3) is 0 Å². The molecule has 0 saturated carbocycles. The average Bonchev–Trinajstić information content (AvgIpc) is 2.10. The standard InChI is InChI=1S/C6H12N4O/c1-4(2)7-5-8-6(11)10(3)9-5/h4H,1-3H3,(H2,7,8,9,11). The van der Waals surface area contributed by atoms with Gasteiger partial charge in [0.05, 0.1) is 0 Å². The molecule has 1 aromatic heterocycles. The Morgan fingerprint density at radius 1 is 1.64 bits per heavy atom. The van der Waals surface area contributed by atoms with Gasteiger partial charge >= 0.3 is 5.69 Å². The van der Waals surface area contributed by atoms with Gasteiger partial charge in [0, 0.05) is 13.1 Å². The lowest BCUT2D eigenvalue weighted by Gasteiger charge is -2.03. The second kappa shape index (κ2) is 2.77. The number of rotatable bonds is 2. The molecule has 11 heavy (non-hydrogen) atoms. The zero-order valence-corrected chi connectivity index (χ0v) is 6.88. The normalized spacial score (nSPS) is 10.5. The number of H-pyrrole nitrogens is 1. The maximum absolute atomic E-state index is 10.8. The average molecular weight is 156 g/mol. The van der Waals surface area contributed by atoms with E-state index in [0.29, 0.717) is 5.95 Å². The van der Waals surface area contributed by atoms with E-state index in [2.05, 4.69) is 15.4 Å². The first-order valence-electron chi connectivity index (χ1n) is 3.49. The molecule has 2 N–H and O–H groups in total. The molecule has 0 spiro atoms. The van der Waals surface area contributed by atoms with Crippen molar-refractivity contribution in [1.29, 1.82) is 0 Å². The predicted octanol–water partition coefficient (Wildman–Crippen LogP) is -0.0713. The van der Waals surface area contributed by atoms with Gasteiger partial charge in [0.15, 0.2) is 0 Å². The Hall–Kier alpha value is -1.26. The van der Waals surface area contributed by atoms with E-state index in [4.69, 9.17) is 0 Å².